The molecule has 0 aliphatic carbocycles. The Bertz CT molecular complexity index is 1590. The van der Waals surface area contributed by atoms with E-state index in [1.807, 2.05) is 60.4 Å². The molecule has 4 aromatic rings. The molecular weight excluding hydrogens is 482 g/mol. The summed E-state index contributed by atoms with van der Waals surface area (Å²) in [5.74, 6) is 0.955. The van der Waals surface area contributed by atoms with Crippen LogP contribution in [0.4, 0.5) is 0 Å². The van der Waals surface area contributed by atoms with Crippen molar-refractivity contribution in [3.63, 3.8) is 0 Å². The highest BCUT2D eigenvalue weighted by atomic mass is 16.6. The summed E-state index contributed by atoms with van der Waals surface area (Å²) in [5, 5.41) is 19.8. The molecule has 0 bridgehead atoms. The van der Waals surface area contributed by atoms with E-state index in [9.17, 15) is 15.2 Å². The molecule has 1 N–H and O–H groups in total. The van der Waals surface area contributed by atoms with E-state index in [4.69, 9.17) is 18.9 Å². The molecule has 38 heavy (non-hydrogen) atoms. The largest absolute Gasteiger partial charge is 0.486 e. The maximum atomic E-state index is 11.7. The van der Waals surface area contributed by atoms with Gasteiger partial charge in [0.15, 0.2) is 17.1 Å². The number of nitriles is 1. The van der Waals surface area contributed by atoms with E-state index in [0.717, 1.165) is 41.6 Å². The molecule has 6 rings (SSSR count). The Morgan fingerprint density at radius 3 is 2.74 bits per heavy atom. The first-order valence-corrected chi connectivity index (χ1v) is 12.8. The first-order chi connectivity index (χ1) is 18.5. The second-order valence-electron chi connectivity index (χ2n) is 9.80. The minimum Gasteiger partial charge on any atom is -0.486 e. The number of hydrogen-bond donors (Lipinski definition) is 1. The van der Waals surface area contributed by atoms with Gasteiger partial charge in [-0.3, -0.25) is 9.69 Å². The monoisotopic (exact) mass is 509 g/mol. The molecule has 1 saturated heterocycles. The summed E-state index contributed by atoms with van der Waals surface area (Å²) in [6, 6.07) is 17.2. The van der Waals surface area contributed by atoms with Crippen molar-refractivity contribution in [3.8, 4) is 40.1 Å². The van der Waals surface area contributed by atoms with E-state index >= 15 is 0 Å². The van der Waals surface area contributed by atoms with E-state index in [-0.39, 0.29) is 0 Å². The van der Waals surface area contributed by atoms with Crippen LogP contribution in [0.25, 0.3) is 33.7 Å². The van der Waals surface area contributed by atoms with Crippen molar-refractivity contribution in [2.75, 3.05) is 19.8 Å². The average molecular weight is 510 g/mol. The van der Waals surface area contributed by atoms with E-state index in [1.165, 1.54) is 0 Å². The van der Waals surface area contributed by atoms with Crippen LogP contribution >= 0.6 is 0 Å². The zero-order chi connectivity index (χ0) is 26.2. The Labute approximate surface area is 220 Å². The molecule has 0 spiro atoms. The number of aryl methyl sites for hydroxylation is 1. The number of carboxylic acid groups (broad SMARTS) is 1. The van der Waals surface area contributed by atoms with Gasteiger partial charge in [0, 0.05) is 12.1 Å². The standard InChI is InChI=1S/C30H27N3O5/c1-18-13-19(17-33-10-3-2-7-25(33)30(34)35)14-24-28(18)38-29(32-24)22-6-4-5-21(23(22)16-31)20-8-9-26-27(15-20)37-12-11-36-26/h4-6,8-9,13-15,25H,2-3,7,10-12,17H2,1H3,(H,34,35)/t25-/m0/s1. The predicted molar refractivity (Wildman–Crippen MR) is 141 cm³/mol. The summed E-state index contributed by atoms with van der Waals surface area (Å²) in [6.45, 7) is 4.26. The topological polar surface area (TPSA) is 109 Å². The Balaban J connectivity index is 1.36. The lowest BCUT2D eigenvalue weighted by molar-refractivity contribution is -0.144. The van der Waals surface area contributed by atoms with Gasteiger partial charge in [0.1, 0.15) is 30.8 Å². The van der Waals surface area contributed by atoms with Crippen LogP contribution in [0.1, 0.15) is 36.0 Å². The van der Waals surface area contributed by atoms with E-state index < -0.39 is 12.0 Å². The highest BCUT2D eigenvalue weighted by Crippen LogP contribution is 2.38. The van der Waals surface area contributed by atoms with Gasteiger partial charge >= 0.3 is 5.97 Å². The van der Waals surface area contributed by atoms with Gasteiger partial charge in [-0.05, 0) is 67.3 Å². The summed E-state index contributed by atoms with van der Waals surface area (Å²) in [4.78, 5) is 18.5. The van der Waals surface area contributed by atoms with E-state index in [2.05, 4.69) is 6.07 Å². The maximum absolute atomic E-state index is 11.7. The molecule has 8 nitrogen and oxygen atoms in total. The summed E-state index contributed by atoms with van der Waals surface area (Å²) in [7, 11) is 0. The molecule has 1 aromatic heterocycles. The molecular formula is C30H27N3O5. The lowest BCUT2D eigenvalue weighted by Crippen LogP contribution is -2.44. The van der Waals surface area contributed by atoms with Gasteiger partial charge in [0.25, 0.3) is 0 Å². The molecule has 8 heteroatoms. The highest BCUT2D eigenvalue weighted by molar-refractivity contribution is 5.84. The number of fused-ring (bicyclic) bond motifs is 2. The molecule has 0 amide bonds. The molecule has 0 saturated carbocycles. The predicted octanol–water partition coefficient (Wildman–Crippen LogP) is 5.55. The van der Waals surface area contributed by atoms with Crippen molar-refractivity contribution in [1.29, 1.82) is 5.26 Å². The van der Waals surface area contributed by atoms with Gasteiger partial charge in [-0.15, -0.1) is 0 Å². The number of aliphatic carboxylic acids is 1. The molecule has 1 fully saturated rings. The summed E-state index contributed by atoms with van der Waals surface area (Å²) in [6.07, 6.45) is 2.60. The number of likely N-dealkylation sites (tertiary alicyclic amines) is 1. The zero-order valence-corrected chi connectivity index (χ0v) is 21.1. The van der Waals surface area contributed by atoms with Crippen molar-refractivity contribution in [2.24, 2.45) is 0 Å². The number of piperidine rings is 1. The third-order valence-corrected chi connectivity index (χ3v) is 7.28. The van der Waals surface area contributed by atoms with Crippen molar-refractivity contribution in [1.82, 2.24) is 9.88 Å². The molecule has 3 aromatic carbocycles. The van der Waals surface area contributed by atoms with Crippen molar-refractivity contribution < 1.29 is 23.8 Å². The first-order valence-electron chi connectivity index (χ1n) is 12.8. The lowest BCUT2D eigenvalue weighted by atomic mass is 9.95. The Hall–Kier alpha value is -4.35. The number of benzene rings is 3. The smallest absolute Gasteiger partial charge is 0.320 e. The van der Waals surface area contributed by atoms with Gasteiger partial charge in [0.05, 0.1) is 11.1 Å². The van der Waals surface area contributed by atoms with Crippen LogP contribution < -0.4 is 9.47 Å². The van der Waals surface area contributed by atoms with E-state index in [1.54, 1.807) is 0 Å². The summed E-state index contributed by atoms with van der Waals surface area (Å²) in [5.41, 5.74) is 5.93. The molecule has 2 aliphatic rings. The Morgan fingerprint density at radius 2 is 1.92 bits per heavy atom. The lowest BCUT2D eigenvalue weighted by Gasteiger charge is -2.32. The summed E-state index contributed by atoms with van der Waals surface area (Å²) < 4.78 is 17.6. The average Bonchev–Trinajstić information content (AvgIpc) is 3.37. The fourth-order valence-electron chi connectivity index (χ4n) is 5.48. The van der Waals surface area contributed by atoms with Crippen LogP contribution in [0.15, 0.2) is 52.9 Å². The minimum absolute atomic E-state index is 0.373. The summed E-state index contributed by atoms with van der Waals surface area (Å²) >= 11 is 0. The quantitative estimate of drug-likeness (QED) is 0.373. The number of oxazole rings is 1. The fraction of sp³-hybridized carbons (Fsp3) is 0.300. The number of aromatic nitrogens is 1. The second kappa shape index (κ2) is 9.84. The van der Waals surface area contributed by atoms with Crippen LogP contribution in [-0.2, 0) is 11.3 Å². The number of carboxylic acids is 1. The van der Waals surface area contributed by atoms with Crippen LogP contribution in [0.2, 0.25) is 0 Å². The number of ether oxygens (including phenoxy) is 2. The Kier molecular flexibility index (Phi) is 6.22. The first kappa shape index (κ1) is 24.0. The number of rotatable bonds is 5. The van der Waals surface area contributed by atoms with Crippen LogP contribution in [0, 0.1) is 18.3 Å². The van der Waals surface area contributed by atoms with Crippen molar-refractivity contribution in [3.05, 3.63) is 65.2 Å². The number of carbonyl (C=O) groups is 1. The van der Waals surface area contributed by atoms with Crippen molar-refractivity contribution in [2.45, 2.75) is 38.8 Å². The maximum Gasteiger partial charge on any atom is 0.320 e. The number of hydrogen-bond acceptors (Lipinski definition) is 7. The molecule has 192 valence electrons. The minimum atomic E-state index is -0.770. The molecule has 2 aliphatic heterocycles. The zero-order valence-electron chi connectivity index (χ0n) is 21.1. The van der Waals surface area contributed by atoms with E-state index in [0.29, 0.717) is 65.8 Å². The second-order valence-corrected chi connectivity index (χ2v) is 9.80. The highest BCUT2D eigenvalue weighted by Gasteiger charge is 2.28. The van der Waals surface area contributed by atoms with Gasteiger partial charge in [-0.2, -0.15) is 5.26 Å². The van der Waals surface area contributed by atoms with Gasteiger partial charge in [-0.1, -0.05) is 30.7 Å². The van der Waals surface area contributed by atoms with Gasteiger partial charge in [0.2, 0.25) is 5.89 Å². The molecule has 0 unspecified atom stereocenters. The third kappa shape index (κ3) is 4.35. The fourth-order valence-corrected chi connectivity index (χ4v) is 5.48. The molecule has 1 atom stereocenters. The number of nitrogens with zero attached hydrogens (tertiary/aromatic N) is 3. The van der Waals surface area contributed by atoms with Gasteiger partial charge < -0.3 is 19.0 Å². The van der Waals surface area contributed by atoms with Crippen LogP contribution in [-0.4, -0.2) is 46.8 Å². The van der Waals surface area contributed by atoms with Crippen LogP contribution in [0.3, 0.4) is 0 Å². The van der Waals surface area contributed by atoms with Crippen molar-refractivity contribution >= 4 is 17.1 Å². The van der Waals surface area contributed by atoms with Gasteiger partial charge in [-0.25, -0.2) is 4.98 Å². The molecule has 0 radical (unpaired) electrons. The SMILES string of the molecule is Cc1cc(CN2CCCC[C@H]2C(=O)O)cc2nc(-c3cccc(-c4ccc5c(c4)OCCO5)c3C#N)oc12. The van der Waals surface area contributed by atoms with Crippen LogP contribution in [0.5, 0.6) is 11.5 Å². The third-order valence-electron chi connectivity index (χ3n) is 7.28. The molecule has 3 heterocycles. The normalized spacial score (nSPS) is 17.3. The Morgan fingerprint density at radius 1 is 1.11 bits per heavy atom.